The lowest BCUT2D eigenvalue weighted by atomic mass is 10.4. The highest BCUT2D eigenvalue weighted by molar-refractivity contribution is 9.10. The van der Waals surface area contributed by atoms with Crippen molar-refractivity contribution < 1.29 is 0 Å². The Morgan fingerprint density at radius 1 is 1.28 bits per heavy atom. The molecule has 0 spiro atoms. The summed E-state index contributed by atoms with van der Waals surface area (Å²) in [5.74, 6) is 1.57. The summed E-state index contributed by atoms with van der Waals surface area (Å²) >= 11 is 5.14. The third kappa shape index (κ3) is 3.17. The smallest absolute Gasteiger partial charge is 0.146 e. The molecular formula is C11H14BrN5S. The van der Waals surface area contributed by atoms with E-state index in [0.717, 1.165) is 33.4 Å². The van der Waals surface area contributed by atoms with E-state index in [1.807, 2.05) is 19.2 Å². The van der Waals surface area contributed by atoms with Gasteiger partial charge < -0.3 is 10.6 Å². The Balaban J connectivity index is 2.07. The van der Waals surface area contributed by atoms with Gasteiger partial charge in [0.25, 0.3) is 0 Å². The number of nitrogens with zero attached hydrogens (tertiary/aromatic N) is 3. The number of halogens is 1. The van der Waals surface area contributed by atoms with Crippen LogP contribution >= 0.6 is 27.3 Å². The highest BCUT2D eigenvalue weighted by atomic mass is 79.9. The van der Waals surface area contributed by atoms with Crippen LogP contribution in [0.15, 0.2) is 16.2 Å². The van der Waals surface area contributed by atoms with Crippen molar-refractivity contribution in [2.24, 2.45) is 0 Å². The van der Waals surface area contributed by atoms with Crippen molar-refractivity contribution in [2.75, 3.05) is 17.2 Å². The van der Waals surface area contributed by atoms with Crippen LogP contribution in [0.2, 0.25) is 0 Å². The first-order chi connectivity index (χ1) is 8.70. The highest BCUT2D eigenvalue weighted by Crippen LogP contribution is 2.26. The summed E-state index contributed by atoms with van der Waals surface area (Å²) in [5.41, 5.74) is 1.02. The Morgan fingerprint density at radius 2 is 2.00 bits per heavy atom. The van der Waals surface area contributed by atoms with Gasteiger partial charge in [0, 0.05) is 11.9 Å². The van der Waals surface area contributed by atoms with E-state index in [9.17, 15) is 0 Å². The van der Waals surface area contributed by atoms with Crippen LogP contribution in [0.25, 0.3) is 0 Å². The Bertz CT molecular complexity index is 528. The molecule has 0 amide bonds. The topological polar surface area (TPSA) is 62.7 Å². The first kappa shape index (κ1) is 13.2. The van der Waals surface area contributed by atoms with Crippen LogP contribution in [0.5, 0.6) is 0 Å². The van der Waals surface area contributed by atoms with Gasteiger partial charge in [-0.2, -0.15) is 0 Å². The van der Waals surface area contributed by atoms with Crippen molar-refractivity contribution in [3.05, 3.63) is 26.9 Å². The van der Waals surface area contributed by atoms with E-state index in [0.29, 0.717) is 6.54 Å². The molecule has 2 aromatic heterocycles. The van der Waals surface area contributed by atoms with Crippen LogP contribution in [0, 0.1) is 6.92 Å². The third-order valence-corrected chi connectivity index (χ3v) is 3.81. The Labute approximate surface area is 118 Å². The Hall–Kier alpha value is -1.21. The fourth-order valence-corrected chi connectivity index (χ4v) is 2.55. The van der Waals surface area contributed by atoms with Gasteiger partial charge in [0.05, 0.1) is 17.2 Å². The van der Waals surface area contributed by atoms with Gasteiger partial charge in [0.2, 0.25) is 0 Å². The van der Waals surface area contributed by atoms with E-state index in [-0.39, 0.29) is 0 Å². The van der Waals surface area contributed by atoms with E-state index < -0.39 is 0 Å². The number of hydrogen-bond donors (Lipinski definition) is 2. The molecule has 7 heteroatoms. The van der Waals surface area contributed by atoms with Crippen LogP contribution < -0.4 is 10.6 Å². The number of nitrogens with one attached hydrogen (secondary N) is 2. The molecule has 0 radical (unpaired) electrons. The molecule has 5 nitrogen and oxygen atoms in total. The molecule has 0 aromatic carbocycles. The second-order valence-electron chi connectivity index (χ2n) is 3.63. The quantitative estimate of drug-likeness (QED) is 0.883. The maximum absolute atomic E-state index is 4.40. The van der Waals surface area contributed by atoms with Gasteiger partial charge in [-0.1, -0.05) is 0 Å². The molecule has 2 rings (SSSR count). The molecule has 0 aliphatic carbocycles. The summed E-state index contributed by atoms with van der Waals surface area (Å²) in [6, 6.07) is 0. The molecule has 0 aliphatic heterocycles. The van der Waals surface area contributed by atoms with Crippen LogP contribution in [0.3, 0.4) is 0 Å². The van der Waals surface area contributed by atoms with Gasteiger partial charge >= 0.3 is 0 Å². The van der Waals surface area contributed by atoms with Crippen molar-refractivity contribution in [1.29, 1.82) is 0 Å². The first-order valence-electron chi connectivity index (χ1n) is 5.60. The fourth-order valence-electron chi connectivity index (χ4n) is 1.45. The molecule has 18 heavy (non-hydrogen) atoms. The van der Waals surface area contributed by atoms with Crippen molar-refractivity contribution >= 4 is 38.9 Å². The number of thiazole rings is 1. The predicted octanol–water partition coefficient (Wildman–Crippen LogP) is 3.05. The lowest BCUT2D eigenvalue weighted by Crippen LogP contribution is -2.06. The van der Waals surface area contributed by atoms with Crippen molar-refractivity contribution in [1.82, 2.24) is 15.0 Å². The van der Waals surface area contributed by atoms with E-state index in [1.165, 1.54) is 6.33 Å². The average Bonchev–Trinajstić information content (AvgIpc) is 2.77. The van der Waals surface area contributed by atoms with Crippen LogP contribution in [0.1, 0.15) is 17.6 Å². The SMILES string of the molecule is CCNc1ncnc(NCc2csc(C)n2)c1Br. The third-order valence-electron chi connectivity index (χ3n) is 2.24. The molecule has 0 aliphatic rings. The largest absolute Gasteiger partial charge is 0.369 e. The summed E-state index contributed by atoms with van der Waals surface area (Å²) in [5, 5.41) is 9.53. The highest BCUT2D eigenvalue weighted by Gasteiger charge is 2.08. The first-order valence-corrected chi connectivity index (χ1v) is 7.27. The predicted molar refractivity (Wildman–Crippen MR) is 78.1 cm³/mol. The molecule has 0 saturated carbocycles. The number of aromatic nitrogens is 3. The van der Waals surface area contributed by atoms with Gasteiger partial charge in [-0.25, -0.2) is 15.0 Å². The van der Waals surface area contributed by atoms with Gasteiger partial charge in [-0.3, -0.25) is 0 Å². The molecule has 0 atom stereocenters. The van der Waals surface area contributed by atoms with E-state index in [4.69, 9.17) is 0 Å². The van der Waals surface area contributed by atoms with Gasteiger partial charge in [0.1, 0.15) is 22.4 Å². The number of hydrogen-bond acceptors (Lipinski definition) is 6. The molecule has 2 N–H and O–H groups in total. The molecule has 2 aromatic rings. The zero-order valence-electron chi connectivity index (χ0n) is 10.2. The molecule has 2 heterocycles. The van der Waals surface area contributed by atoms with E-state index in [1.54, 1.807) is 11.3 Å². The average molecular weight is 328 g/mol. The maximum atomic E-state index is 4.40. The lowest BCUT2D eigenvalue weighted by Gasteiger charge is -2.09. The molecule has 0 saturated heterocycles. The number of rotatable bonds is 5. The van der Waals surface area contributed by atoms with E-state index in [2.05, 4.69) is 41.5 Å². The van der Waals surface area contributed by atoms with Crippen molar-refractivity contribution in [2.45, 2.75) is 20.4 Å². The molecule has 0 fully saturated rings. The molecule has 0 bridgehead atoms. The summed E-state index contributed by atoms with van der Waals surface area (Å²) < 4.78 is 0.846. The normalized spacial score (nSPS) is 10.4. The molecule has 96 valence electrons. The monoisotopic (exact) mass is 327 g/mol. The van der Waals surface area contributed by atoms with Crippen LogP contribution in [0.4, 0.5) is 11.6 Å². The van der Waals surface area contributed by atoms with Crippen LogP contribution in [-0.2, 0) is 6.54 Å². The summed E-state index contributed by atoms with van der Waals surface area (Å²) in [6.45, 7) is 5.50. The summed E-state index contributed by atoms with van der Waals surface area (Å²) in [6.07, 6.45) is 1.54. The van der Waals surface area contributed by atoms with Crippen molar-refractivity contribution in [3.63, 3.8) is 0 Å². The summed E-state index contributed by atoms with van der Waals surface area (Å²) in [4.78, 5) is 12.8. The minimum absolute atomic E-state index is 0.658. The number of aryl methyl sites for hydroxylation is 1. The van der Waals surface area contributed by atoms with E-state index >= 15 is 0 Å². The number of anilines is 2. The standard InChI is InChI=1S/C11H14BrN5S/c1-3-13-10-9(12)11(16-6-15-10)14-4-8-5-18-7(2)17-8/h5-6H,3-4H2,1-2H3,(H2,13,14,15,16). The zero-order valence-corrected chi connectivity index (χ0v) is 12.6. The fraction of sp³-hybridized carbons (Fsp3) is 0.364. The van der Waals surface area contributed by atoms with Gasteiger partial charge in [-0.05, 0) is 29.8 Å². The second kappa shape index (κ2) is 6.10. The lowest BCUT2D eigenvalue weighted by molar-refractivity contribution is 1.02. The zero-order chi connectivity index (χ0) is 13.0. The molecular weight excluding hydrogens is 314 g/mol. The second-order valence-corrected chi connectivity index (χ2v) is 5.48. The van der Waals surface area contributed by atoms with Crippen molar-refractivity contribution in [3.8, 4) is 0 Å². The Kier molecular flexibility index (Phi) is 4.48. The maximum Gasteiger partial charge on any atom is 0.146 e. The minimum atomic E-state index is 0.658. The Morgan fingerprint density at radius 3 is 2.61 bits per heavy atom. The minimum Gasteiger partial charge on any atom is -0.369 e. The van der Waals surface area contributed by atoms with Gasteiger partial charge in [-0.15, -0.1) is 11.3 Å². The molecule has 0 unspecified atom stereocenters. The van der Waals surface area contributed by atoms with Crippen LogP contribution in [-0.4, -0.2) is 21.5 Å². The van der Waals surface area contributed by atoms with Gasteiger partial charge in [0.15, 0.2) is 0 Å². The summed E-state index contributed by atoms with van der Waals surface area (Å²) in [7, 11) is 0.